The summed E-state index contributed by atoms with van der Waals surface area (Å²) in [6, 6.07) is 7.81. The molecule has 4 nitrogen and oxygen atoms in total. The molecule has 1 aliphatic rings. The van der Waals surface area contributed by atoms with Crippen LogP contribution >= 0.6 is 11.6 Å². The highest BCUT2D eigenvalue weighted by Crippen LogP contribution is 2.47. The fourth-order valence-corrected chi connectivity index (χ4v) is 2.81. The average Bonchev–Trinajstić information content (AvgIpc) is 3.23. The number of rotatable bonds is 6. The second-order valence-corrected chi connectivity index (χ2v) is 6.98. The molecule has 0 heterocycles. The lowest BCUT2D eigenvalue weighted by Crippen LogP contribution is -2.48. The first kappa shape index (κ1) is 17.1. The van der Waals surface area contributed by atoms with Gasteiger partial charge in [0.25, 0.3) is 0 Å². The van der Waals surface area contributed by atoms with Crippen LogP contribution in [0.25, 0.3) is 0 Å². The van der Waals surface area contributed by atoms with E-state index in [1.807, 2.05) is 38.1 Å². The van der Waals surface area contributed by atoms with Gasteiger partial charge in [-0.2, -0.15) is 0 Å². The summed E-state index contributed by atoms with van der Waals surface area (Å²) in [7, 11) is 0. The lowest BCUT2D eigenvalue weighted by atomic mass is 9.96. The Hall–Kier alpha value is -1.26. The Balaban J connectivity index is 1.96. The minimum Gasteiger partial charge on any atom is -0.392 e. The molecule has 1 atom stereocenters. The minimum atomic E-state index is -0.528. The van der Waals surface area contributed by atoms with Gasteiger partial charge in [0.05, 0.1) is 6.10 Å². The van der Waals surface area contributed by atoms with E-state index in [4.69, 9.17) is 11.6 Å². The zero-order chi connectivity index (χ0) is 16.3. The molecule has 1 unspecified atom stereocenters. The van der Waals surface area contributed by atoms with E-state index in [0.29, 0.717) is 13.1 Å². The SMILES string of the molecule is CC(O)CN(C(=O)NCC1(c2ccc(Cl)cc2)CC1)C(C)C. The van der Waals surface area contributed by atoms with Crippen LogP contribution < -0.4 is 5.32 Å². The molecule has 1 saturated carbocycles. The standard InChI is InChI=1S/C17H25ClN2O2/c1-12(2)20(10-13(3)21)16(22)19-11-17(8-9-17)14-4-6-15(18)7-5-14/h4-7,12-13,21H,8-11H2,1-3H3,(H,19,22). The Bertz CT molecular complexity index is 510. The van der Waals surface area contributed by atoms with Crippen molar-refractivity contribution in [1.29, 1.82) is 0 Å². The maximum absolute atomic E-state index is 12.4. The number of carbonyl (C=O) groups excluding carboxylic acids is 1. The smallest absolute Gasteiger partial charge is 0.317 e. The van der Waals surface area contributed by atoms with Gasteiger partial charge < -0.3 is 15.3 Å². The van der Waals surface area contributed by atoms with Crippen LogP contribution in [-0.2, 0) is 5.41 Å². The van der Waals surface area contributed by atoms with Crippen LogP contribution in [0, 0.1) is 0 Å². The Kier molecular flexibility index (Phi) is 5.35. The quantitative estimate of drug-likeness (QED) is 0.844. The number of hydrogen-bond acceptors (Lipinski definition) is 2. The van der Waals surface area contributed by atoms with Gasteiger partial charge in [0.1, 0.15) is 0 Å². The molecule has 1 fully saturated rings. The van der Waals surface area contributed by atoms with E-state index >= 15 is 0 Å². The van der Waals surface area contributed by atoms with Crippen molar-refractivity contribution in [2.24, 2.45) is 0 Å². The van der Waals surface area contributed by atoms with E-state index in [1.165, 1.54) is 5.56 Å². The highest BCUT2D eigenvalue weighted by atomic mass is 35.5. The number of carbonyl (C=O) groups is 1. The zero-order valence-corrected chi connectivity index (χ0v) is 14.2. The van der Waals surface area contributed by atoms with E-state index in [1.54, 1.807) is 11.8 Å². The van der Waals surface area contributed by atoms with Gasteiger partial charge in [0.2, 0.25) is 0 Å². The largest absolute Gasteiger partial charge is 0.392 e. The molecule has 5 heteroatoms. The van der Waals surface area contributed by atoms with E-state index in [0.717, 1.165) is 17.9 Å². The van der Waals surface area contributed by atoms with Crippen molar-refractivity contribution in [1.82, 2.24) is 10.2 Å². The van der Waals surface area contributed by atoms with Crippen LogP contribution in [0.5, 0.6) is 0 Å². The van der Waals surface area contributed by atoms with Crippen LogP contribution in [0.15, 0.2) is 24.3 Å². The van der Waals surface area contributed by atoms with Crippen LogP contribution in [0.2, 0.25) is 5.02 Å². The van der Waals surface area contributed by atoms with Crippen LogP contribution in [0.3, 0.4) is 0 Å². The van der Waals surface area contributed by atoms with Crippen molar-refractivity contribution in [3.8, 4) is 0 Å². The number of amides is 2. The molecule has 0 aromatic heterocycles. The molecule has 2 N–H and O–H groups in total. The van der Waals surface area contributed by atoms with Crippen LogP contribution in [0.1, 0.15) is 39.2 Å². The van der Waals surface area contributed by atoms with Crippen molar-refractivity contribution in [2.45, 2.75) is 51.2 Å². The maximum Gasteiger partial charge on any atom is 0.317 e. The second-order valence-electron chi connectivity index (χ2n) is 6.54. The topological polar surface area (TPSA) is 52.6 Å². The highest BCUT2D eigenvalue weighted by molar-refractivity contribution is 6.30. The summed E-state index contributed by atoms with van der Waals surface area (Å²) in [4.78, 5) is 14.0. The number of benzene rings is 1. The third kappa shape index (κ3) is 4.14. The summed E-state index contributed by atoms with van der Waals surface area (Å²) < 4.78 is 0. The Morgan fingerprint density at radius 2 is 1.91 bits per heavy atom. The Morgan fingerprint density at radius 3 is 2.36 bits per heavy atom. The molecule has 2 rings (SSSR count). The van der Waals surface area contributed by atoms with Crippen molar-refractivity contribution in [3.63, 3.8) is 0 Å². The third-order valence-electron chi connectivity index (χ3n) is 4.23. The molecule has 22 heavy (non-hydrogen) atoms. The summed E-state index contributed by atoms with van der Waals surface area (Å²) in [5.74, 6) is 0. The maximum atomic E-state index is 12.4. The van der Waals surface area contributed by atoms with E-state index in [-0.39, 0.29) is 17.5 Å². The number of nitrogens with zero attached hydrogens (tertiary/aromatic N) is 1. The van der Waals surface area contributed by atoms with Crippen molar-refractivity contribution in [2.75, 3.05) is 13.1 Å². The summed E-state index contributed by atoms with van der Waals surface area (Å²) in [6.07, 6.45) is 1.62. The third-order valence-corrected chi connectivity index (χ3v) is 4.49. The summed E-state index contributed by atoms with van der Waals surface area (Å²) in [6.45, 7) is 6.56. The van der Waals surface area contributed by atoms with Gasteiger partial charge in [-0.3, -0.25) is 0 Å². The van der Waals surface area contributed by atoms with Crippen LogP contribution in [-0.4, -0.2) is 41.3 Å². The molecule has 0 aliphatic heterocycles. The molecule has 1 aliphatic carbocycles. The molecule has 122 valence electrons. The first-order valence-electron chi connectivity index (χ1n) is 7.83. The first-order valence-corrected chi connectivity index (χ1v) is 8.20. The molecule has 2 amide bonds. The summed E-state index contributed by atoms with van der Waals surface area (Å²) in [5.41, 5.74) is 1.28. The van der Waals surface area contributed by atoms with Gasteiger partial charge in [-0.05, 0) is 51.3 Å². The average molecular weight is 325 g/mol. The number of halogens is 1. The number of hydrogen-bond donors (Lipinski definition) is 2. The molecular formula is C17H25ClN2O2. The molecule has 0 bridgehead atoms. The highest BCUT2D eigenvalue weighted by Gasteiger charge is 2.44. The number of nitrogens with one attached hydrogen (secondary N) is 1. The molecule has 1 aromatic carbocycles. The fourth-order valence-electron chi connectivity index (χ4n) is 2.68. The van der Waals surface area contributed by atoms with Gasteiger partial charge in [-0.1, -0.05) is 23.7 Å². The Labute approximate surface area is 137 Å². The normalized spacial score (nSPS) is 17.2. The predicted molar refractivity (Wildman–Crippen MR) is 89.3 cm³/mol. The zero-order valence-electron chi connectivity index (χ0n) is 13.5. The van der Waals surface area contributed by atoms with Crippen molar-refractivity contribution < 1.29 is 9.90 Å². The van der Waals surface area contributed by atoms with Gasteiger partial charge >= 0.3 is 6.03 Å². The predicted octanol–water partition coefficient (Wildman–Crippen LogP) is 3.17. The fraction of sp³-hybridized carbons (Fsp3) is 0.588. The Morgan fingerprint density at radius 1 is 1.32 bits per heavy atom. The second kappa shape index (κ2) is 6.88. The van der Waals surface area contributed by atoms with Crippen molar-refractivity contribution in [3.05, 3.63) is 34.9 Å². The number of urea groups is 1. The molecule has 1 aromatic rings. The van der Waals surface area contributed by atoms with E-state index in [2.05, 4.69) is 5.32 Å². The van der Waals surface area contributed by atoms with Crippen molar-refractivity contribution >= 4 is 17.6 Å². The molecular weight excluding hydrogens is 300 g/mol. The van der Waals surface area contributed by atoms with Gasteiger partial charge in [-0.25, -0.2) is 4.79 Å². The summed E-state index contributed by atoms with van der Waals surface area (Å²) >= 11 is 5.93. The van der Waals surface area contributed by atoms with Gasteiger partial charge in [0.15, 0.2) is 0 Å². The lowest BCUT2D eigenvalue weighted by molar-refractivity contribution is 0.118. The van der Waals surface area contributed by atoms with Gasteiger partial charge in [0, 0.05) is 29.6 Å². The molecule has 0 saturated heterocycles. The molecule has 0 spiro atoms. The number of aliphatic hydroxyl groups excluding tert-OH is 1. The van der Waals surface area contributed by atoms with E-state index in [9.17, 15) is 9.90 Å². The monoisotopic (exact) mass is 324 g/mol. The molecule has 0 radical (unpaired) electrons. The lowest BCUT2D eigenvalue weighted by Gasteiger charge is -2.29. The number of aliphatic hydroxyl groups is 1. The summed E-state index contributed by atoms with van der Waals surface area (Å²) in [5, 5.41) is 13.3. The van der Waals surface area contributed by atoms with Crippen LogP contribution in [0.4, 0.5) is 4.79 Å². The first-order chi connectivity index (χ1) is 10.3. The van der Waals surface area contributed by atoms with Gasteiger partial charge in [-0.15, -0.1) is 0 Å². The van der Waals surface area contributed by atoms with E-state index < -0.39 is 6.10 Å². The minimum absolute atomic E-state index is 0.0493.